The van der Waals surface area contributed by atoms with Gasteiger partial charge in [-0.3, -0.25) is 4.79 Å². The number of imidazole rings is 1. The van der Waals surface area contributed by atoms with Crippen molar-refractivity contribution in [3.8, 4) is 0 Å². The second-order valence-electron chi connectivity index (χ2n) is 3.06. The van der Waals surface area contributed by atoms with Crippen molar-refractivity contribution in [1.29, 1.82) is 0 Å². The Morgan fingerprint density at radius 3 is 2.50 bits per heavy atom. The average molecular weight is 228 g/mol. The van der Waals surface area contributed by atoms with E-state index in [1.54, 1.807) is 0 Å². The lowest BCUT2D eigenvalue weighted by atomic mass is 10.3. The summed E-state index contributed by atoms with van der Waals surface area (Å²) in [5, 5.41) is 20.9. The quantitative estimate of drug-likeness (QED) is 0.539. The predicted octanol–water partition coefficient (Wildman–Crippen LogP) is 0.679. The zero-order valence-electron chi connectivity index (χ0n) is 8.32. The van der Waals surface area contributed by atoms with Crippen LogP contribution in [0.2, 0.25) is 0 Å². The van der Waals surface area contributed by atoms with Gasteiger partial charge in [-0.15, -0.1) is 0 Å². The first-order valence-corrected chi connectivity index (χ1v) is 4.27. The maximum atomic E-state index is 10.7. The van der Waals surface area contributed by atoms with Crippen molar-refractivity contribution in [2.45, 2.75) is 19.9 Å². The van der Waals surface area contributed by atoms with Gasteiger partial charge in [0, 0.05) is 6.42 Å². The molecule has 0 saturated carbocycles. The molecule has 1 aromatic rings. The third-order valence-corrected chi connectivity index (χ3v) is 1.80. The van der Waals surface area contributed by atoms with Crippen molar-refractivity contribution in [2.24, 2.45) is 0 Å². The Kier molecular flexibility index (Phi) is 3.28. The van der Waals surface area contributed by atoms with E-state index in [1.807, 2.05) is 0 Å². The van der Waals surface area contributed by atoms with Crippen LogP contribution < -0.4 is 0 Å². The fourth-order valence-electron chi connectivity index (χ4n) is 1.07. The van der Waals surface area contributed by atoms with Crippen molar-refractivity contribution in [3.63, 3.8) is 0 Å². The first-order valence-electron chi connectivity index (χ1n) is 4.27. The van der Waals surface area contributed by atoms with E-state index in [0.29, 0.717) is 0 Å². The molecule has 1 heterocycles. The highest BCUT2D eigenvalue weighted by atomic mass is 16.6. The molecule has 1 aromatic heterocycles. The normalized spacial score (nSPS) is 10.1. The van der Waals surface area contributed by atoms with Gasteiger partial charge in [0.15, 0.2) is 6.20 Å². The summed E-state index contributed by atoms with van der Waals surface area (Å²) in [6.45, 7) is 1.34. The number of hydrogen-bond donors (Lipinski definition) is 0. The number of aromatic nitrogens is 2. The van der Waals surface area contributed by atoms with Gasteiger partial charge in [0.05, 0.1) is 6.54 Å². The lowest BCUT2D eigenvalue weighted by molar-refractivity contribution is -0.403. The molecule has 1 rings (SSSR count). The third kappa shape index (κ3) is 2.59. The summed E-state index contributed by atoms with van der Waals surface area (Å²) in [6.07, 6.45) is 1.01. The first kappa shape index (κ1) is 11.8. The minimum atomic E-state index is -0.826. The van der Waals surface area contributed by atoms with E-state index in [4.69, 9.17) is 0 Å². The van der Waals surface area contributed by atoms with Crippen molar-refractivity contribution in [2.75, 3.05) is 0 Å². The molecule has 0 aliphatic heterocycles. The Morgan fingerprint density at radius 2 is 2.06 bits per heavy atom. The van der Waals surface area contributed by atoms with E-state index in [0.717, 1.165) is 10.8 Å². The lowest BCUT2D eigenvalue weighted by Gasteiger charge is -1.97. The molecule has 0 amide bonds. The number of hydrogen-bond acceptors (Lipinski definition) is 6. The summed E-state index contributed by atoms with van der Waals surface area (Å²) >= 11 is 0. The lowest BCUT2D eigenvalue weighted by Crippen LogP contribution is -2.05. The van der Waals surface area contributed by atoms with Crippen molar-refractivity contribution < 1.29 is 14.6 Å². The maximum absolute atomic E-state index is 10.7. The van der Waals surface area contributed by atoms with E-state index >= 15 is 0 Å². The molecule has 0 N–H and O–H groups in total. The summed E-state index contributed by atoms with van der Waals surface area (Å²) in [4.78, 5) is 33.2. The highest BCUT2D eigenvalue weighted by molar-refractivity contribution is 5.75. The molecule has 86 valence electrons. The molecule has 0 atom stereocenters. The summed E-state index contributed by atoms with van der Waals surface area (Å²) in [6, 6.07) is 0. The van der Waals surface area contributed by atoms with Gasteiger partial charge in [0.25, 0.3) is 0 Å². The number of Topliss-reactive ketones (excluding diaryl/α,β-unsaturated/α-hetero) is 1. The summed E-state index contributed by atoms with van der Waals surface area (Å²) in [7, 11) is 0. The molecular formula is C7H8N4O5. The Bertz CT molecular complexity index is 452. The molecule has 0 fully saturated rings. The van der Waals surface area contributed by atoms with E-state index in [1.165, 1.54) is 6.92 Å². The molecule has 0 radical (unpaired) electrons. The van der Waals surface area contributed by atoms with Crippen molar-refractivity contribution >= 4 is 17.5 Å². The van der Waals surface area contributed by atoms with E-state index in [2.05, 4.69) is 4.98 Å². The molecule has 0 saturated heterocycles. The minimum absolute atomic E-state index is 0.00644. The number of aryl methyl sites for hydroxylation is 1. The molecule has 0 aromatic carbocycles. The second-order valence-corrected chi connectivity index (χ2v) is 3.06. The number of ketones is 1. The molecule has 0 aliphatic carbocycles. The van der Waals surface area contributed by atoms with Crippen LogP contribution in [0.4, 0.5) is 11.8 Å². The van der Waals surface area contributed by atoms with Crippen LogP contribution in [0.5, 0.6) is 0 Å². The maximum Gasteiger partial charge on any atom is 0.438 e. The Balaban J connectivity index is 3.00. The highest BCUT2D eigenvalue weighted by Crippen LogP contribution is 2.17. The highest BCUT2D eigenvalue weighted by Gasteiger charge is 2.22. The second kappa shape index (κ2) is 4.47. The Hall–Kier alpha value is -2.32. The van der Waals surface area contributed by atoms with Crippen LogP contribution in [0.15, 0.2) is 6.20 Å². The molecule has 9 nitrogen and oxygen atoms in total. The fourth-order valence-corrected chi connectivity index (χ4v) is 1.07. The van der Waals surface area contributed by atoms with Gasteiger partial charge in [0.1, 0.15) is 5.78 Å². The van der Waals surface area contributed by atoms with Crippen LogP contribution in [0, 0.1) is 20.2 Å². The van der Waals surface area contributed by atoms with Gasteiger partial charge in [-0.25, -0.2) is 4.57 Å². The van der Waals surface area contributed by atoms with Crippen LogP contribution in [0.3, 0.4) is 0 Å². The molecule has 16 heavy (non-hydrogen) atoms. The minimum Gasteiger partial charge on any atom is -0.390 e. The largest absolute Gasteiger partial charge is 0.438 e. The SMILES string of the molecule is CC(=O)CCn1cc([N+](=O)[O-])nc1[N+](=O)[O-]. The van der Waals surface area contributed by atoms with Crippen molar-refractivity contribution in [1.82, 2.24) is 9.55 Å². The number of nitro groups is 2. The van der Waals surface area contributed by atoms with E-state index in [9.17, 15) is 25.0 Å². The zero-order chi connectivity index (χ0) is 12.3. The standard InChI is InChI=1S/C7H8N4O5/c1-5(12)2-3-9-4-6(10(13)14)8-7(9)11(15)16/h4H,2-3H2,1H3. The van der Waals surface area contributed by atoms with Gasteiger partial charge in [-0.2, -0.15) is 0 Å². The van der Waals surface area contributed by atoms with Crippen molar-refractivity contribution in [3.05, 3.63) is 26.4 Å². The van der Waals surface area contributed by atoms with E-state index in [-0.39, 0.29) is 18.7 Å². The fraction of sp³-hybridized carbons (Fsp3) is 0.429. The van der Waals surface area contributed by atoms with Crippen LogP contribution in [-0.4, -0.2) is 25.2 Å². The Labute approximate surface area is 89.0 Å². The average Bonchev–Trinajstić information content (AvgIpc) is 2.58. The van der Waals surface area contributed by atoms with Gasteiger partial charge in [-0.1, -0.05) is 0 Å². The summed E-state index contributed by atoms with van der Waals surface area (Å²) in [5.41, 5.74) is 0. The zero-order valence-corrected chi connectivity index (χ0v) is 8.32. The molecule has 0 spiro atoms. The number of rotatable bonds is 5. The van der Waals surface area contributed by atoms with Gasteiger partial charge in [0.2, 0.25) is 0 Å². The molecule has 0 unspecified atom stereocenters. The van der Waals surface area contributed by atoms with Gasteiger partial charge >= 0.3 is 11.8 Å². The van der Waals surface area contributed by atoms with Crippen LogP contribution in [-0.2, 0) is 11.3 Å². The van der Waals surface area contributed by atoms with Crippen LogP contribution >= 0.6 is 0 Å². The molecule has 9 heteroatoms. The number of nitrogens with zero attached hydrogens (tertiary/aromatic N) is 4. The third-order valence-electron chi connectivity index (χ3n) is 1.80. The monoisotopic (exact) mass is 228 g/mol. The number of carbonyl (C=O) groups is 1. The van der Waals surface area contributed by atoms with Crippen LogP contribution in [0.1, 0.15) is 13.3 Å². The predicted molar refractivity (Wildman–Crippen MR) is 50.8 cm³/mol. The summed E-state index contributed by atoms with van der Waals surface area (Å²) in [5.74, 6) is -1.39. The molecule has 0 bridgehead atoms. The smallest absolute Gasteiger partial charge is 0.390 e. The van der Waals surface area contributed by atoms with Crippen LogP contribution in [0.25, 0.3) is 0 Å². The van der Waals surface area contributed by atoms with E-state index < -0.39 is 21.6 Å². The molecular weight excluding hydrogens is 220 g/mol. The molecule has 0 aliphatic rings. The van der Waals surface area contributed by atoms with Gasteiger partial charge in [-0.05, 0) is 21.8 Å². The number of carbonyl (C=O) groups excluding carboxylic acids is 1. The van der Waals surface area contributed by atoms with Gasteiger partial charge < -0.3 is 20.2 Å². The Morgan fingerprint density at radius 1 is 1.44 bits per heavy atom. The topological polar surface area (TPSA) is 121 Å². The first-order chi connectivity index (χ1) is 7.41. The summed E-state index contributed by atoms with van der Waals surface area (Å²) < 4.78 is 0.986.